The Balaban J connectivity index is 1.46. The minimum atomic E-state index is -0.610. The van der Waals surface area contributed by atoms with E-state index in [0.29, 0.717) is 42.9 Å². The summed E-state index contributed by atoms with van der Waals surface area (Å²) in [6, 6.07) is 1.34. The quantitative estimate of drug-likeness (QED) is 0.791. The van der Waals surface area contributed by atoms with E-state index in [2.05, 4.69) is 10.3 Å². The minimum Gasteiger partial charge on any atom is -0.381 e. The first-order chi connectivity index (χ1) is 12.5. The Morgan fingerprint density at radius 3 is 2.65 bits per heavy atom. The van der Waals surface area contributed by atoms with E-state index in [9.17, 15) is 9.18 Å². The van der Waals surface area contributed by atoms with Crippen molar-refractivity contribution in [3.8, 4) is 0 Å². The van der Waals surface area contributed by atoms with Gasteiger partial charge in [0.2, 0.25) is 5.91 Å². The Kier molecular flexibility index (Phi) is 6.48. The first-order valence-electron chi connectivity index (χ1n) is 9.44. The maximum atomic E-state index is 13.2. The highest BCUT2D eigenvalue weighted by Crippen LogP contribution is 2.38. The molecule has 1 amide bonds. The van der Waals surface area contributed by atoms with Crippen molar-refractivity contribution in [1.29, 1.82) is 0 Å². The molecule has 26 heavy (non-hydrogen) atoms. The van der Waals surface area contributed by atoms with E-state index >= 15 is 0 Å². The zero-order chi connectivity index (χ0) is 18.6. The Hall–Kier alpha value is -1.24. The number of hydrogen-bond donors (Lipinski definition) is 2. The number of hydrogen-bond acceptors (Lipinski definition) is 4. The maximum absolute atomic E-state index is 13.2. The first kappa shape index (κ1) is 19.5. The van der Waals surface area contributed by atoms with Gasteiger partial charge in [-0.3, -0.25) is 9.78 Å². The molecule has 0 aromatic carbocycles. The van der Waals surface area contributed by atoms with Gasteiger partial charge >= 0.3 is 0 Å². The summed E-state index contributed by atoms with van der Waals surface area (Å²) in [6.45, 7) is 1.94. The summed E-state index contributed by atoms with van der Waals surface area (Å²) < 4.78 is 18.5. The highest BCUT2D eigenvalue weighted by Gasteiger charge is 2.38. The topological polar surface area (TPSA) is 77.2 Å². The largest absolute Gasteiger partial charge is 0.381 e. The molecular weight excluding hydrogens is 357 g/mol. The number of carbonyl (C=O) groups excluding carboxylic acids is 1. The Morgan fingerprint density at radius 2 is 2.04 bits per heavy atom. The standard InChI is InChI=1S/C19H27ClFN3O2/c20-16-11-15(21)12-23-17(16)14-3-1-13(2-4-14)5-8-24-19(18(22)25)6-9-26-10-7-19/h11-14,24H,1-10H2,(H2,22,25)/t13-,14-. The molecule has 3 N–H and O–H groups in total. The summed E-state index contributed by atoms with van der Waals surface area (Å²) in [4.78, 5) is 16.1. The number of carbonyl (C=O) groups is 1. The van der Waals surface area contributed by atoms with Crippen molar-refractivity contribution in [2.45, 2.75) is 56.4 Å². The van der Waals surface area contributed by atoms with Gasteiger partial charge in [-0.15, -0.1) is 0 Å². The van der Waals surface area contributed by atoms with Gasteiger partial charge < -0.3 is 15.8 Å². The molecule has 2 heterocycles. The lowest BCUT2D eigenvalue weighted by Crippen LogP contribution is -2.58. The number of nitrogens with one attached hydrogen (secondary N) is 1. The molecule has 2 fully saturated rings. The predicted octanol–water partition coefficient (Wildman–Crippen LogP) is 3.16. The number of pyridine rings is 1. The molecule has 0 unspecified atom stereocenters. The van der Waals surface area contributed by atoms with Crippen molar-refractivity contribution in [2.75, 3.05) is 19.8 Å². The smallest absolute Gasteiger partial charge is 0.237 e. The fourth-order valence-corrected chi connectivity index (χ4v) is 4.50. The van der Waals surface area contributed by atoms with Crippen LogP contribution in [0, 0.1) is 11.7 Å². The fraction of sp³-hybridized carbons (Fsp3) is 0.684. The van der Waals surface area contributed by atoms with Crippen LogP contribution in [0.1, 0.15) is 56.6 Å². The molecule has 2 aliphatic rings. The monoisotopic (exact) mass is 383 g/mol. The first-order valence-corrected chi connectivity index (χ1v) is 9.81. The van der Waals surface area contributed by atoms with E-state index in [-0.39, 0.29) is 5.91 Å². The SMILES string of the molecule is NC(=O)C1(NCC[C@H]2CC[C@H](c3ncc(F)cc3Cl)CC2)CCOCC1. The number of halogens is 2. The van der Waals surface area contributed by atoms with Gasteiger partial charge in [-0.25, -0.2) is 4.39 Å². The third-order valence-corrected chi connectivity index (χ3v) is 6.21. The summed E-state index contributed by atoms with van der Waals surface area (Å²) >= 11 is 6.15. The second-order valence-electron chi connectivity index (χ2n) is 7.51. The van der Waals surface area contributed by atoms with Crippen molar-refractivity contribution in [3.63, 3.8) is 0 Å². The highest BCUT2D eigenvalue weighted by atomic mass is 35.5. The third-order valence-electron chi connectivity index (χ3n) is 5.90. The molecule has 1 aliphatic heterocycles. The zero-order valence-corrected chi connectivity index (χ0v) is 15.7. The average Bonchev–Trinajstić information content (AvgIpc) is 2.63. The van der Waals surface area contributed by atoms with E-state index in [4.69, 9.17) is 22.1 Å². The third kappa shape index (κ3) is 4.53. The molecule has 144 valence electrons. The molecule has 0 atom stereocenters. The predicted molar refractivity (Wildman–Crippen MR) is 98.5 cm³/mol. The van der Waals surface area contributed by atoms with Crippen LogP contribution in [0.2, 0.25) is 5.02 Å². The van der Waals surface area contributed by atoms with Gasteiger partial charge in [0.25, 0.3) is 0 Å². The normalized spacial score (nSPS) is 25.8. The number of amides is 1. The van der Waals surface area contributed by atoms with Crippen LogP contribution >= 0.6 is 11.6 Å². The van der Waals surface area contributed by atoms with Crippen LogP contribution < -0.4 is 11.1 Å². The summed E-state index contributed by atoms with van der Waals surface area (Å²) in [5.41, 5.74) is 5.83. The van der Waals surface area contributed by atoms with Gasteiger partial charge in [-0.1, -0.05) is 11.6 Å². The molecule has 1 aromatic rings. The molecule has 0 radical (unpaired) electrons. The van der Waals surface area contributed by atoms with Crippen LogP contribution in [-0.2, 0) is 9.53 Å². The van der Waals surface area contributed by atoms with Crippen molar-refractivity contribution in [3.05, 3.63) is 28.8 Å². The van der Waals surface area contributed by atoms with E-state index in [1.165, 1.54) is 12.3 Å². The number of nitrogens with zero attached hydrogens (tertiary/aromatic N) is 1. The summed E-state index contributed by atoms with van der Waals surface area (Å²) in [7, 11) is 0. The Labute approximate surface area is 158 Å². The summed E-state index contributed by atoms with van der Waals surface area (Å²) in [6.07, 6.45) is 7.76. The number of ether oxygens (including phenoxy) is 1. The number of primary amides is 1. The average molecular weight is 384 g/mol. The van der Waals surface area contributed by atoms with Crippen molar-refractivity contribution in [2.24, 2.45) is 11.7 Å². The summed E-state index contributed by atoms with van der Waals surface area (Å²) in [5, 5.41) is 3.84. The number of rotatable bonds is 6. The van der Waals surface area contributed by atoms with Crippen LogP contribution in [-0.4, -0.2) is 36.2 Å². The lowest BCUT2D eigenvalue weighted by atomic mass is 9.79. The molecule has 1 saturated carbocycles. The second kappa shape index (κ2) is 8.63. The second-order valence-corrected chi connectivity index (χ2v) is 7.92. The highest BCUT2D eigenvalue weighted by molar-refractivity contribution is 6.31. The lowest BCUT2D eigenvalue weighted by molar-refractivity contribution is -0.128. The fourth-order valence-electron chi connectivity index (χ4n) is 4.20. The summed E-state index contributed by atoms with van der Waals surface area (Å²) in [5.74, 6) is 0.249. The Morgan fingerprint density at radius 1 is 1.35 bits per heavy atom. The van der Waals surface area contributed by atoms with Gasteiger partial charge in [-0.05, 0) is 63.5 Å². The van der Waals surface area contributed by atoms with Gasteiger partial charge in [0.1, 0.15) is 11.4 Å². The van der Waals surface area contributed by atoms with Crippen molar-refractivity contribution < 1.29 is 13.9 Å². The molecule has 1 aromatic heterocycles. The van der Waals surface area contributed by atoms with Crippen LogP contribution in [0.25, 0.3) is 0 Å². The van der Waals surface area contributed by atoms with Crippen LogP contribution in [0.5, 0.6) is 0 Å². The minimum absolute atomic E-state index is 0.276. The molecule has 1 saturated heterocycles. The van der Waals surface area contributed by atoms with Crippen molar-refractivity contribution >= 4 is 17.5 Å². The van der Waals surface area contributed by atoms with E-state index in [1.807, 2.05) is 0 Å². The molecule has 1 aliphatic carbocycles. The number of aromatic nitrogens is 1. The molecular formula is C19H27ClFN3O2. The van der Waals surface area contributed by atoms with Gasteiger partial charge in [0.15, 0.2) is 0 Å². The van der Waals surface area contributed by atoms with E-state index in [0.717, 1.165) is 44.3 Å². The van der Waals surface area contributed by atoms with Crippen LogP contribution in [0.4, 0.5) is 4.39 Å². The van der Waals surface area contributed by atoms with Crippen LogP contribution in [0.3, 0.4) is 0 Å². The van der Waals surface area contributed by atoms with Gasteiger partial charge in [0.05, 0.1) is 16.9 Å². The van der Waals surface area contributed by atoms with Crippen molar-refractivity contribution in [1.82, 2.24) is 10.3 Å². The van der Waals surface area contributed by atoms with Gasteiger partial charge in [-0.2, -0.15) is 0 Å². The van der Waals surface area contributed by atoms with Crippen LogP contribution in [0.15, 0.2) is 12.3 Å². The van der Waals surface area contributed by atoms with E-state index < -0.39 is 11.4 Å². The molecule has 0 bridgehead atoms. The molecule has 7 heteroatoms. The zero-order valence-electron chi connectivity index (χ0n) is 15.0. The number of nitrogens with two attached hydrogens (primary N) is 1. The Bertz CT molecular complexity index is 629. The van der Waals surface area contributed by atoms with Gasteiger partial charge in [0, 0.05) is 19.1 Å². The lowest BCUT2D eigenvalue weighted by Gasteiger charge is -2.36. The maximum Gasteiger partial charge on any atom is 0.237 e. The molecule has 3 rings (SSSR count). The molecule has 0 spiro atoms. The van der Waals surface area contributed by atoms with E-state index in [1.54, 1.807) is 0 Å². The molecule has 5 nitrogen and oxygen atoms in total.